The number of benzene rings is 1. The van der Waals surface area contributed by atoms with Crippen LogP contribution in [0.1, 0.15) is 11.1 Å². The summed E-state index contributed by atoms with van der Waals surface area (Å²) in [5.41, 5.74) is 1.83. The molecule has 1 aromatic carbocycles. The Morgan fingerprint density at radius 1 is 1.17 bits per heavy atom. The van der Waals surface area contributed by atoms with Gasteiger partial charge in [-0.05, 0) is 11.1 Å². The van der Waals surface area contributed by atoms with E-state index in [1.807, 2.05) is 24.3 Å². The van der Waals surface area contributed by atoms with Crippen molar-refractivity contribution in [2.24, 2.45) is 0 Å². The third-order valence-corrected chi connectivity index (χ3v) is 1.63. The van der Waals surface area contributed by atoms with Gasteiger partial charge < -0.3 is 10.2 Å². The van der Waals surface area contributed by atoms with E-state index in [-0.39, 0.29) is 13.2 Å². The first kappa shape index (κ1) is 8.97. The monoisotopic (exact) mass is 164 g/mol. The van der Waals surface area contributed by atoms with E-state index in [2.05, 4.69) is 0 Å². The lowest BCUT2D eigenvalue weighted by atomic mass is 10.1. The molecule has 0 fully saturated rings. The quantitative estimate of drug-likeness (QED) is 0.704. The van der Waals surface area contributed by atoms with Gasteiger partial charge in [-0.25, -0.2) is 0 Å². The van der Waals surface area contributed by atoms with Crippen molar-refractivity contribution >= 4 is 6.08 Å². The van der Waals surface area contributed by atoms with Gasteiger partial charge in [0.25, 0.3) is 0 Å². The van der Waals surface area contributed by atoms with Crippen LogP contribution in [0, 0.1) is 0 Å². The van der Waals surface area contributed by atoms with Crippen molar-refractivity contribution in [3.63, 3.8) is 0 Å². The summed E-state index contributed by atoms with van der Waals surface area (Å²) in [7, 11) is 0. The van der Waals surface area contributed by atoms with Gasteiger partial charge >= 0.3 is 0 Å². The fourth-order valence-electron chi connectivity index (χ4n) is 1.02. The van der Waals surface area contributed by atoms with Crippen LogP contribution in [-0.4, -0.2) is 16.8 Å². The van der Waals surface area contributed by atoms with Crippen molar-refractivity contribution in [3.8, 4) is 0 Å². The molecule has 0 aliphatic carbocycles. The molecular formula is C10H12O2. The van der Waals surface area contributed by atoms with Crippen molar-refractivity contribution in [1.82, 2.24) is 0 Å². The summed E-state index contributed by atoms with van der Waals surface area (Å²) in [5, 5.41) is 17.5. The molecule has 0 atom stereocenters. The summed E-state index contributed by atoms with van der Waals surface area (Å²) >= 11 is 0. The Hall–Kier alpha value is -1.12. The average molecular weight is 164 g/mol. The van der Waals surface area contributed by atoms with Crippen LogP contribution in [0.3, 0.4) is 0 Å². The maximum absolute atomic E-state index is 8.92. The van der Waals surface area contributed by atoms with Gasteiger partial charge in [-0.1, -0.05) is 36.4 Å². The predicted octanol–water partition coefficient (Wildman–Crippen LogP) is 1.18. The van der Waals surface area contributed by atoms with Crippen molar-refractivity contribution in [2.45, 2.75) is 6.61 Å². The van der Waals surface area contributed by atoms with Gasteiger partial charge in [0.1, 0.15) is 0 Å². The molecule has 1 rings (SSSR count). The van der Waals surface area contributed by atoms with Crippen LogP contribution in [0.5, 0.6) is 0 Å². The molecular weight excluding hydrogens is 152 g/mol. The lowest BCUT2D eigenvalue weighted by molar-refractivity contribution is 0.281. The second kappa shape index (κ2) is 4.70. The topological polar surface area (TPSA) is 40.5 Å². The molecule has 12 heavy (non-hydrogen) atoms. The smallest absolute Gasteiger partial charge is 0.0687 e. The molecule has 0 heterocycles. The number of hydrogen-bond donors (Lipinski definition) is 2. The number of aliphatic hydroxyl groups excluding tert-OH is 2. The highest BCUT2D eigenvalue weighted by Crippen LogP contribution is 2.09. The Balaban J connectivity index is 2.89. The Labute approximate surface area is 71.8 Å². The molecule has 2 N–H and O–H groups in total. The standard InChI is InChI=1S/C10H12O2/c11-7-3-6-9-4-1-2-5-10(9)8-12/h1-6,11-12H,7-8H2. The zero-order valence-corrected chi connectivity index (χ0v) is 6.77. The third-order valence-electron chi connectivity index (χ3n) is 1.63. The predicted molar refractivity (Wildman–Crippen MR) is 48.5 cm³/mol. The minimum Gasteiger partial charge on any atom is -0.392 e. The van der Waals surface area contributed by atoms with Crippen LogP contribution in [-0.2, 0) is 6.61 Å². The van der Waals surface area contributed by atoms with E-state index in [4.69, 9.17) is 10.2 Å². The van der Waals surface area contributed by atoms with E-state index < -0.39 is 0 Å². The Morgan fingerprint density at radius 3 is 2.58 bits per heavy atom. The number of aliphatic hydroxyl groups is 2. The molecule has 0 amide bonds. The van der Waals surface area contributed by atoms with Crippen LogP contribution in [0.25, 0.3) is 6.08 Å². The molecule has 0 unspecified atom stereocenters. The molecule has 0 aromatic heterocycles. The molecule has 0 bridgehead atoms. The maximum atomic E-state index is 8.92. The van der Waals surface area contributed by atoms with Gasteiger partial charge in [0, 0.05) is 0 Å². The highest BCUT2D eigenvalue weighted by atomic mass is 16.3. The second-order valence-electron chi connectivity index (χ2n) is 2.44. The lowest BCUT2D eigenvalue weighted by Crippen LogP contribution is -1.87. The van der Waals surface area contributed by atoms with E-state index in [1.165, 1.54) is 0 Å². The van der Waals surface area contributed by atoms with E-state index >= 15 is 0 Å². The summed E-state index contributed by atoms with van der Waals surface area (Å²) in [6.07, 6.45) is 3.44. The highest BCUT2D eigenvalue weighted by molar-refractivity contribution is 5.53. The minimum atomic E-state index is 0.0275. The van der Waals surface area contributed by atoms with Crippen molar-refractivity contribution in [3.05, 3.63) is 41.5 Å². The zero-order chi connectivity index (χ0) is 8.81. The van der Waals surface area contributed by atoms with Crippen LogP contribution >= 0.6 is 0 Å². The normalized spacial score (nSPS) is 10.8. The summed E-state index contributed by atoms with van der Waals surface area (Å²) in [6, 6.07) is 7.53. The van der Waals surface area contributed by atoms with E-state index in [0.29, 0.717) is 0 Å². The lowest BCUT2D eigenvalue weighted by Gasteiger charge is -2.00. The zero-order valence-electron chi connectivity index (χ0n) is 6.77. The van der Waals surface area contributed by atoms with E-state index in [9.17, 15) is 0 Å². The SMILES string of the molecule is OCC=Cc1ccccc1CO. The van der Waals surface area contributed by atoms with Crippen molar-refractivity contribution < 1.29 is 10.2 Å². The molecule has 1 aromatic rings. The molecule has 2 heteroatoms. The van der Waals surface area contributed by atoms with E-state index in [1.54, 1.807) is 12.2 Å². The number of hydrogen-bond acceptors (Lipinski definition) is 2. The first-order chi connectivity index (χ1) is 5.88. The van der Waals surface area contributed by atoms with Gasteiger partial charge in [-0.3, -0.25) is 0 Å². The molecule has 0 aliphatic heterocycles. The van der Waals surface area contributed by atoms with Gasteiger partial charge in [0.05, 0.1) is 13.2 Å². The molecule has 0 saturated carbocycles. The van der Waals surface area contributed by atoms with Gasteiger partial charge in [-0.15, -0.1) is 0 Å². The maximum Gasteiger partial charge on any atom is 0.0687 e. The molecule has 0 spiro atoms. The summed E-state index contributed by atoms with van der Waals surface area (Å²) in [4.78, 5) is 0. The van der Waals surface area contributed by atoms with Crippen molar-refractivity contribution in [1.29, 1.82) is 0 Å². The average Bonchev–Trinajstić information content (AvgIpc) is 2.15. The van der Waals surface area contributed by atoms with Crippen LogP contribution < -0.4 is 0 Å². The minimum absolute atomic E-state index is 0.0275. The Kier molecular flexibility index (Phi) is 3.51. The Bertz CT molecular complexity index is 266. The van der Waals surface area contributed by atoms with E-state index in [0.717, 1.165) is 11.1 Å². The Morgan fingerprint density at radius 2 is 1.92 bits per heavy atom. The highest BCUT2D eigenvalue weighted by Gasteiger charge is 1.94. The largest absolute Gasteiger partial charge is 0.392 e. The van der Waals surface area contributed by atoms with Crippen molar-refractivity contribution in [2.75, 3.05) is 6.61 Å². The molecule has 0 aliphatic rings. The molecule has 0 radical (unpaired) electrons. The molecule has 0 saturated heterocycles. The molecule has 64 valence electrons. The van der Waals surface area contributed by atoms with Gasteiger partial charge in [0.15, 0.2) is 0 Å². The summed E-state index contributed by atoms with van der Waals surface area (Å²) < 4.78 is 0. The molecule has 2 nitrogen and oxygen atoms in total. The van der Waals surface area contributed by atoms with Gasteiger partial charge in [-0.2, -0.15) is 0 Å². The first-order valence-corrected chi connectivity index (χ1v) is 3.84. The summed E-state index contributed by atoms with van der Waals surface area (Å²) in [5.74, 6) is 0. The summed E-state index contributed by atoms with van der Waals surface area (Å²) in [6.45, 7) is 0.0612. The van der Waals surface area contributed by atoms with Crippen LogP contribution in [0.4, 0.5) is 0 Å². The fraction of sp³-hybridized carbons (Fsp3) is 0.200. The third kappa shape index (κ3) is 2.19. The second-order valence-corrected chi connectivity index (χ2v) is 2.44. The first-order valence-electron chi connectivity index (χ1n) is 3.84. The fourth-order valence-corrected chi connectivity index (χ4v) is 1.02. The van der Waals surface area contributed by atoms with Crippen LogP contribution in [0.2, 0.25) is 0 Å². The van der Waals surface area contributed by atoms with Crippen LogP contribution in [0.15, 0.2) is 30.3 Å². The number of rotatable bonds is 3. The van der Waals surface area contributed by atoms with Gasteiger partial charge in [0.2, 0.25) is 0 Å².